The molecule has 0 saturated heterocycles. The highest BCUT2D eigenvalue weighted by Gasteiger charge is 2.43. The maximum atomic E-state index is 9.75. The van der Waals surface area contributed by atoms with Crippen LogP contribution < -0.4 is 0 Å². The van der Waals surface area contributed by atoms with Crippen molar-refractivity contribution in [3.63, 3.8) is 0 Å². The summed E-state index contributed by atoms with van der Waals surface area (Å²) >= 11 is 0. The first-order chi connectivity index (χ1) is 10.3. The molecule has 0 spiro atoms. The normalized spacial score (nSPS) is 20.7. The van der Waals surface area contributed by atoms with Gasteiger partial charge in [0.25, 0.3) is 0 Å². The standard InChI is InChI=1S/C17H21N3OSi/c1-20-11-15(10-19-20)13-5-6-16-14(9-13)7-8-17(16,12-18)21-22(2,3)4/h5-6,9-11H,7-8H2,1-4H3. The summed E-state index contributed by atoms with van der Waals surface area (Å²) in [5.41, 5.74) is 3.76. The number of benzene rings is 1. The number of hydrogen-bond acceptors (Lipinski definition) is 3. The molecule has 0 radical (unpaired) electrons. The van der Waals surface area contributed by atoms with Gasteiger partial charge in [-0.1, -0.05) is 18.2 Å². The number of rotatable bonds is 3. The quantitative estimate of drug-likeness (QED) is 0.814. The van der Waals surface area contributed by atoms with Crippen molar-refractivity contribution in [2.24, 2.45) is 7.05 Å². The van der Waals surface area contributed by atoms with Crippen LogP contribution in [0.4, 0.5) is 0 Å². The summed E-state index contributed by atoms with van der Waals surface area (Å²) in [6.45, 7) is 6.40. The van der Waals surface area contributed by atoms with E-state index in [1.165, 1.54) is 5.56 Å². The second-order valence-electron chi connectivity index (χ2n) is 6.93. The Hall–Kier alpha value is -1.90. The maximum absolute atomic E-state index is 9.75. The van der Waals surface area contributed by atoms with Gasteiger partial charge in [0.2, 0.25) is 0 Å². The first-order valence-corrected chi connectivity index (χ1v) is 11.0. The molecule has 1 aromatic heterocycles. The molecule has 114 valence electrons. The van der Waals surface area contributed by atoms with Gasteiger partial charge in [0, 0.05) is 24.4 Å². The molecule has 1 atom stereocenters. The molecule has 22 heavy (non-hydrogen) atoms. The van der Waals surface area contributed by atoms with Crippen molar-refractivity contribution in [3.8, 4) is 17.2 Å². The summed E-state index contributed by atoms with van der Waals surface area (Å²) in [4.78, 5) is 0. The van der Waals surface area contributed by atoms with Crippen LogP contribution in [-0.2, 0) is 23.5 Å². The Balaban J connectivity index is 2.01. The first kappa shape index (κ1) is 15.0. The smallest absolute Gasteiger partial charge is 0.186 e. The Morgan fingerprint density at radius 2 is 2.09 bits per heavy atom. The van der Waals surface area contributed by atoms with E-state index in [1.54, 1.807) is 4.68 Å². The van der Waals surface area contributed by atoms with Crippen LogP contribution in [0.3, 0.4) is 0 Å². The lowest BCUT2D eigenvalue weighted by Crippen LogP contribution is -2.38. The zero-order valence-electron chi connectivity index (χ0n) is 13.6. The van der Waals surface area contributed by atoms with Crippen LogP contribution in [-0.4, -0.2) is 18.1 Å². The van der Waals surface area contributed by atoms with E-state index < -0.39 is 13.9 Å². The fraction of sp³-hybridized carbons (Fsp3) is 0.412. The molecule has 0 N–H and O–H groups in total. The Morgan fingerprint density at radius 3 is 2.68 bits per heavy atom. The second-order valence-corrected chi connectivity index (χ2v) is 11.4. The minimum absolute atomic E-state index is 0.750. The van der Waals surface area contributed by atoms with Crippen molar-refractivity contribution >= 4 is 8.32 Å². The van der Waals surface area contributed by atoms with Gasteiger partial charge in [-0.2, -0.15) is 10.4 Å². The molecule has 0 bridgehead atoms. The average Bonchev–Trinajstić information content (AvgIpc) is 3.02. The van der Waals surface area contributed by atoms with E-state index in [0.717, 1.165) is 29.5 Å². The fourth-order valence-electron chi connectivity index (χ4n) is 3.16. The molecule has 1 aromatic carbocycles. The molecular weight excluding hydrogens is 290 g/mol. The zero-order chi connectivity index (χ0) is 16.0. The van der Waals surface area contributed by atoms with Crippen molar-refractivity contribution in [2.75, 3.05) is 0 Å². The molecule has 0 aliphatic heterocycles. The van der Waals surface area contributed by atoms with E-state index in [2.05, 4.69) is 49.0 Å². The predicted molar refractivity (Wildman–Crippen MR) is 88.7 cm³/mol. The van der Waals surface area contributed by atoms with Gasteiger partial charge in [-0.3, -0.25) is 4.68 Å². The lowest BCUT2D eigenvalue weighted by Gasteiger charge is -2.31. The fourth-order valence-corrected chi connectivity index (χ4v) is 4.46. The topological polar surface area (TPSA) is 50.8 Å². The van der Waals surface area contributed by atoms with Crippen LogP contribution in [0.2, 0.25) is 19.6 Å². The van der Waals surface area contributed by atoms with E-state index in [4.69, 9.17) is 4.43 Å². The summed E-state index contributed by atoms with van der Waals surface area (Å²) in [6, 6.07) is 8.76. The lowest BCUT2D eigenvalue weighted by molar-refractivity contribution is 0.121. The highest BCUT2D eigenvalue weighted by Crippen LogP contribution is 2.42. The number of nitriles is 1. The number of fused-ring (bicyclic) bond motifs is 1. The van der Waals surface area contributed by atoms with Crippen LogP contribution in [0, 0.1) is 11.3 Å². The van der Waals surface area contributed by atoms with Crippen molar-refractivity contribution < 1.29 is 4.43 Å². The molecule has 1 aliphatic rings. The zero-order valence-corrected chi connectivity index (χ0v) is 14.6. The van der Waals surface area contributed by atoms with Gasteiger partial charge in [0.1, 0.15) is 6.07 Å². The van der Waals surface area contributed by atoms with Gasteiger partial charge in [-0.15, -0.1) is 0 Å². The Labute approximate surface area is 132 Å². The van der Waals surface area contributed by atoms with E-state index in [9.17, 15) is 5.26 Å². The van der Waals surface area contributed by atoms with E-state index in [1.807, 2.05) is 19.4 Å². The predicted octanol–water partition coefficient (Wildman–Crippen LogP) is 3.60. The van der Waals surface area contributed by atoms with Crippen molar-refractivity contribution in [2.45, 2.75) is 38.1 Å². The highest BCUT2D eigenvalue weighted by atomic mass is 28.4. The summed E-state index contributed by atoms with van der Waals surface area (Å²) in [6.07, 6.45) is 5.51. The van der Waals surface area contributed by atoms with E-state index >= 15 is 0 Å². The van der Waals surface area contributed by atoms with Crippen molar-refractivity contribution in [1.82, 2.24) is 9.78 Å². The van der Waals surface area contributed by atoms with Gasteiger partial charge in [-0.25, -0.2) is 0 Å². The molecule has 0 amide bonds. The maximum Gasteiger partial charge on any atom is 0.186 e. The summed E-state index contributed by atoms with van der Waals surface area (Å²) in [5.74, 6) is 0. The third-order valence-electron chi connectivity index (χ3n) is 3.99. The van der Waals surface area contributed by atoms with Gasteiger partial charge in [0.15, 0.2) is 13.9 Å². The SMILES string of the molecule is Cn1cc(-c2ccc3c(c2)CCC3(C#N)O[Si](C)(C)C)cn1. The van der Waals surface area contributed by atoms with Crippen LogP contribution in [0.1, 0.15) is 17.5 Å². The van der Waals surface area contributed by atoms with Gasteiger partial charge in [-0.05, 0) is 43.6 Å². The number of aryl methyl sites for hydroxylation is 2. The molecule has 5 heteroatoms. The minimum Gasteiger partial charge on any atom is -0.396 e. The minimum atomic E-state index is -1.79. The van der Waals surface area contributed by atoms with Gasteiger partial charge in [0.05, 0.1) is 6.20 Å². The van der Waals surface area contributed by atoms with Crippen LogP contribution in [0.25, 0.3) is 11.1 Å². The highest BCUT2D eigenvalue weighted by molar-refractivity contribution is 6.69. The summed E-state index contributed by atoms with van der Waals surface area (Å²) < 4.78 is 8.07. The Morgan fingerprint density at radius 1 is 1.32 bits per heavy atom. The van der Waals surface area contributed by atoms with Crippen LogP contribution >= 0.6 is 0 Å². The van der Waals surface area contributed by atoms with Crippen molar-refractivity contribution in [3.05, 3.63) is 41.7 Å². The third kappa shape index (κ3) is 2.60. The molecule has 2 aromatic rings. The molecule has 3 rings (SSSR count). The third-order valence-corrected chi connectivity index (χ3v) is 4.95. The molecular formula is C17H21N3OSi. The van der Waals surface area contributed by atoms with Crippen LogP contribution in [0.5, 0.6) is 0 Å². The number of nitrogens with zero attached hydrogens (tertiary/aromatic N) is 3. The molecule has 1 heterocycles. The monoisotopic (exact) mass is 311 g/mol. The Kier molecular flexibility index (Phi) is 3.46. The average molecular weight is 311 g/mol. The number of hydrogen-bond donors (Lipinski definition) is 0. The Bertz CT molecular complexity index is 754. The summed E-state index contributed by atoms with van der Waals surface area (Å²) in [5, 5.41) is 14.0. The van der Waals surface area contributed by atoms with E-state index in [0.29, 0.717) is 0 Å². The molecule has 4 nitrogen and oxygen atoms in total. The summed E-state index contributed by atoms with van der Waals surface area (Å²) in [7, 11) is 0.122. The van der Waals surface area contributed by atoms with Crippen molar-refractivity contribution in [1.29, 1.82) is 5.26 Å². The largest absolute Gasteiger partial charge is 0.396 e. The second kappa shape index (κ2) is 5.08. The lowest BCUT2D eigenvalue weighted by atomic mass is 9.96. The molecule has 1 aliphatic carbocycles. The van der Waals surface area contributed by atoms with Crippen LogP contribution in [0.15, 0.2) is 30.6 Å². The van der Waals surface area contributed by atoms with Gasteiger partial charge < -0.3 is 4.43 Å². The first-order valence-electron chi connectivity index (χ1n) is 7.57. The molecule has 0 saturated carbocycles. The molecule has 0 fully saturated rings. The van der Waals surface area contributed by atoms with E-state index in [-0.39, 0.29) is 0 Å². The molecule has 1 unspecified atom stereocenters. The van der Waals surface area contributed by atoms with Gasteiger partial charge >= 0.3 is 0 Å². The number of aromatic nitrogens is 2.